The highest BCUT2D eigenvalue weighted by atomic mass is 16.3. The summed E-state index contributed by atoms with van der Waals surface area (Å²) in [6.07, 6.45) is 12.0. The van der Waals surface area contributed by atoms with E-state index in [1.807, 2.05) is 12.1 Å². The molecule has 116 valence electrons. The number of benzene rings is 1. The van der Waals surface area contributed by atoms with Gasteiger partial charge in [-0.15, -0.1) is 0 Å². The van der Waals surface area contributed by atoms with Gasteiger partial charge in [0.1, 0.15) is 5.75 Å². The summed E-state index contributed by atoms with van der Waals surface area (Å²) < 4.78 is 0. The van der Waals surface area contributed by atoms with Crippen molar-refractivity contribution < 1.29 is 10.2 Å². The lowest BCUT2D eigenvalue weighted by molar-refractivity contribution is -0.0766. The number of rotatable bonds is 3. The zero-order valence-electron chi connectivity index (χ0n) is 12.9. The van der Waals surface area contributed by atoms with Crippen LogP contribution in [0.15, 0.2) is 24.3 Å². The molecule has 2 N–H and O–H groups in total. The minimum Gasteiger partial charge on any atom is -0.508 e. The highest BCUT2D eigenvalue weighted by molar-refractivity contribution is 5.27. The molecule has 2 aliphatic carbocycles. The van der Waals surface area contributed by atoms with Crippen molar-refractivity contribution in [3.8, 4) is 5.75 Å². The van der Waals surface area contributed by atoms with E-state index in [-0.39, 0.29) is 0 Å². The first-order chi connectivity index (χ1) is 10.2. The molecular formula is C19H28O2. The van der Waals surface area contributed by atoms with E-state index < -0.39 is 5.60 Å². The van der Waals surface area contributed by atoms with E-state index in [2.05, 4.69) is 0 Å². The Balaban J connectivity index is 1.75. The van der Waals surface area contributed by atoms with Crippen LogP contribution in [0.25, 0.3) is 0 Å². The summed E-state index contributed by atoms with van der Waals surface area (Å²) in [5, 5.41) is 20.8. The fourth-order valence-electron chi connectivity index (χ4n) is 4.65. The molecule has 0 aromatic heterocycles. The molecule has 2 saturated carbocycles. The van der Waals surface area contributed by atoms with Gasteiger partial charge in [0.25, 0.3) is 0 Å². The molecule has 2 heteroatoms. The Kier molecular flexibility index (Phi) is 4.54. The summed E-state index contributed by atoms with van der Waals surface area (Å²) in [5.41, 5.74) is 0.620. The van der Waals surface area contributed by atoms with Gasteiger partial charge in [-0.3, -0.25) is 0 Å². The van der Waals surface area contributed by atoms with Crippen molar-refractivity contribution in [2.45, 2.75) is 69.8 Å². The van der Waals surface area contributed by atoms with Crippen LogP contribution in [0.2, 0.25) is 0 Å². The van der Waals surface area contributed by atoms with E-state index >= 15 is 0 Å². The second-order valence-electron chi connectivity index (χ2n) is 7.20. The van der Waals surface area contributed by atoms with Crippen LogP contribution in [0, 0.1) is 11.8 Å². The smallest absolute Gasteiger partial charge is 0.115 e. The molecule has 3 rings (SSSR count). The van der Waals surface area contributed by atoms with Crippen LogP contribution >= 0.6 is 0 Å². The number of aromatic hydroxyl groups is 1. The van der Waals surface area contributed by atoms with Gasteiger partial charge in [0, 0.05) is 6.42 Å². The molecule has 0 saturated heterocycles. The Morgan fingerprint density at radius 1 is 0.905 bits per heavy atom. The topological polar surface area (TPSA) is 40.5 Å². The molecule has 2 nitrogen and oxygen atoms in total. The van der Waals surface area contributed by atoms with Crippen LogP contribution in [-0.2, 0) is 6.42 Å². The van der Waals surface area contributed by atoms with Crippen molar-refractivity contribution in [1.82, 2.24) is 0 Å². The van der Waals surface area contributed by atoms with E-state index in [1.165, 1.54) is 44.9 Å². The second-order valence-corrected chi connectivity index (χ2v) is 7.20. The monoisotopic (exact) mass is 288 g/mol. The van der Waals surface area contributed by atoms with Crippen LogP contribution in [-0.4, -0.2) is 15.8 Å². The zero-order valence-corrected chi connectivity index (χ0v) is 12.9. The maximum Gasteiger partial charge on any atom is 0.115 e. The van der Waals surface area contributed by atoms with Gasteiger partial charge in [0.05, 0.1) is 5.60 Å². The Bertz CT molecular complexity index is 447. The lowest BCUT2D eigenvalue weighted by atomic mass is 9.64. The quantitative estimate of drug-likeness (QED) is 0.863. The first-order valence-electron chi connectivity index (χ1n) is 8.68. The number of phenolic OH excluding ortho intramolecular Hbond substituents is 1. The number of aliphatic hydroxyl groups is 1. The molecule has 1 aromatic carbocycles. The summed E-state index contributed by atoms with van der Waals surface area (Å²) in [4.78, 5) is 0. The summed E-state index contributed by atoms with van der Waals surface area (Å²) >= 11 is 0. The molecule has 0 amide bonds. The van der Waals surface area contributed by atoms with E-state index in [1.54, 1.807) is 12.1 Å². The lowest BCUT2D eigenvalue weighted by Gasteiger charge is -2.45. The molecule has 0 aliphatic heterocycles. The van der Waals surface area contributed by atoms with Gasteiger partial charge in [0.15, 0.2) is 0 Å². The molecule has 0 spiro atoms. The zero-order chi connectivity index (χ0) is 14.7. The molecule has 2 fully saturated rings. The number of phenols is 1. The minimum atomic E-state index is -0.531. The molecule has 0 bridgehead atoms. The average Bonchev–Trinajstić information content (AvgIpc) is 2.51. The molecule has 2 unspecified atom stereocenters. The summed E-state index contributed by atoms with van der Waals surface area (Å²) in [5.74, 6) is 1.50. The molecule has 0 heterocycles. The summed E-state index contributed by atoms with van der Waals surface area (Å²) in [6.45, 7) is 0. The number of hydrogen-bond donors (Lipinski definition) is 2. The van der Waals surface area contributed by atoms with Crippen LogP contribution in [0.5, 0.6) is 5.75 Å². The Morgan fingerprint density at radius 2 is 1.57 bits per heavy atom. The van der Waals surface area contributed by atoms with Gasteiger partial charge in [-0.1, -0.05) is 57.1 Å². The van der Waals surface area contributed by atoms with Crippen LogP contribution < -0.4 is 0 Å². The predicted molar refractivity (Wildman–Crippen MR) is 85.3 cm³/mol. The van der Waals surface area contributed by atoms with E-state index in [9.17, 15) is 10.2 Å². The van der Waals surface area contributed by atoms with Crippen LogP contribution in [0.3, 0.4) is 0 Å². The summed E-state index contributed by atoms with van der Waals surface area (Å²) in [7, 11) is 0. The maximum absolute atomic E-state index is 11.3. The van der Waals surface area contributed by atoms with Gasteiger partial charge in [-0.2, -0.15) is 0 Å². The Morgan fingerprint density at radius 3 is 2.29 bits per heavy atom. The van der Waals surface area contributed by atoms with Crippen molar-refractivity contribution in [3.63, 3.8) is 0 Å². The van der Waals surface area contributed by atoms with Gasteiger partial charge in [0.2, 0.25) is 0 Å². The standard InChI is InChI=1S/C19H28O2/c20-17-11-9-15(10-12-17)14-19(21)13-5-4-8-18(19)16-6-2-1-3-7-16/h9-12,16,18,20-21H,1-8,13-14H2. The van der Waals surface area contributed by atoms with E-state index in [0.29, 0.717) is 11.7 Å². The molecule has 21 heavy (non-hydrogen) atoms. The molecular weight excluding hydrogens is 260 g/mol. The Labute approximate surface area is 128 Å². The third-order valence-electron chi connectivity index (χ3n) is 5.73. The van der Waals surface area contributed by atoms with Crippen molar-refractivity contribution in [2.24, 2.45) is 11.8 Å². The van der Waals surface area contributed by atoms with Crippen molar-refractivity contribution in [2.75, 3.05) is 0 Å². The van der Waals surface area contributed by atoms with Crippen molar-refractivity contribution in [3.05, 3.63) is 29.8 Å². The van der Waals surface area contributed by atoms with E-state index in [4.69, 9.17) is 0 Å². The van der Waals surface area contributed by atoms with Crippen LogP contribution in [0.1, 0.15) is 63.4 Å². The predicted octanol–water partition coefficient (Wildman–Crippen LogP) is 4.44. The Hall–Kier alpha value is -1.02. The normalized spacial score (nSPS) is 31.2. The summed E-state index contributed by atoms with van der Waals surface area (Å²) in [6, 6.07) is 7.38. The maximum atomic E-state index is 11.3. The fraction of sp³-hybridized carbons (Fsp3) is 0.684. The van der Waals surface area contributed by atoms with Gasteiger partial charge < -0.3 is 10.2 Å². The van der Waals surface area contributed by atoms with E-state index in [0.717, 1.165) is 30.7 Å². The van der Waals surface area contributed by atoms with Crippen molar-refractivity contribution in [1.29, 1.82) is 0 Å². The van der Waals surface area contributed by atoms with Crippen LogP contribution in [0.4, 0.5) is 0 Å². The van der Waals surface area contributed by atoms with Gasteiger partial charge >= 0.3 is 0 Å². The third-order valence-corrected chi connectivity index (χ3v) is 5.73. The third kappa shape index (κ3) is 3.42. The minimum absolute atomic E-state index is 0.304. The van der Waals surface area contributed by atoms with Crippen molar-refractivity contribution >= 4 is 0 Å². The van der Waals surface area contributed by atoms with Gasteiger partial charge in [-0.25, -0.2) is 0 Å². The second kappa shape index (κ2) is 6.39. The lowest BCUT2D eigenvalue weighted by Crippen LogP contribution is -2.46. The fourth-order valence-corrected chi connectivity index (χ4v) is 4.65. The molecule has 2 atom stereocenters. The number of hydrogen-bond acceptors (Lipinski definition) is 2. The highest BCUT2D eigenvalue weighted by Crippen LogP contribution is 2.45. The average molecular weight is 288 g/mol. The molecule has 0 radical (unpaired) electrons. The SMILES string of the molecule is Oc1ccc(CC2(O)CCCCC2C2CCCCC2)cc1. The first-order valence-corrected chi connectivity index (χ1v) is 8.68. The molecule has 2 aliphatic rings. The van der Waals surface area contributed by atoms with Gasteiger partial charge in [-0.05, 0) is 42.4 Å². The first kappa shape index (κ1) is 14.9. The molecule has 1 aromatic rings. The largest absolute Gasteiger partial charge is 0.508 e. The highest BCUT2D eigenvalue weighted by Gasteiger charge is 2.42.